The molecule has 0 saturated heterocycles. The summed E-state index contributed by atoms with van der Waals surface area (Å²) < 4.78 is 0. The van der Waals surface area contributed by atoms with Crippen LogP contribution in [0.5, 0.6) is 0 Å². The zero-order valence-corrected chi connectivity index (χ0v) is 13.0. The summed E-state index contributed by atoms with van der Waals surface area (Å²) in [7, 11) is 4.33. The molecule has 1 saturated carbocycles. The highest BCUT2D eigenvalue weighted by Crippen LogP contribution is 2.35. The van der Waals surface area contributed by atoms with Gasteiger partial charge in [-0.05, 0) is 64.8 Å². The molecule has 2 atom stereocenters. The largest absolute Gasteiger partial charge is 0.312 e. The molecule has 1 aromatic rings. The average Bonchev–Trinajstić information content (AvgIpc) is 3.19. The molecule has 0 aromatic heterocycles. The lowest BCUT2D eigenvalue weighted by atomic mass is 9.98. The summed E-state index contributed by atoms with van der Waals surface area (Å²) >= 11 is 0. The molecule has 2 nitrogen and oxygen atoms in total. The van der Waals surface area contributed by atoms with Crippen molar-refractivity contribution in [3.63, 3.8) is 0 Å². The Morgan fingerprint density at radius 3 is 2.53 bits per heavy atom. The van der Waals surface area contributed by atoms with Crippen molar-refractivity contribution in [3.05, 3.63) is 34.9 Å². The van der Waals surface area contributed by atoms with Crippen LogP contribution in [0.4, 0.5) is 0 Å². The predicted octanol–water partition coefficient (Wildman–Crippen LogP) is 3.29. The van der Waals surface area contributed by atoms with Crippen LogP contribution < -0.4 is 5.32 Å². The van der Waals surface area contributed by atoms with Crippen LogP contribution in [0.3, 0.4) is 0 Å². The van der Waals surface area contributed by atoms with Crippen LogP contribution in [-0.4, -0.2) is 31.6 Å². The quantitative estimate of drug-likeness (QED) is 0.844. The molecule has 0 bridgehead atoms. The van der Waals surface area contributed by atoms with Gasteiger partial charge in [0.15, 0.2) is 0 Å². The number of benzene rings is 1. The van der Waals surface area contributed by atoms with Gasteiger partial charge in [0.05, 0.1) is 0 Å². The van der Waals surface area contributed by atoms with Crippen molar-refractivity contribution in [3.8, 4) is 0 Å². The molecular weight excluding hydrogens is 232 g/mol. The summed E-state index contributed by atoms with van der Waals surface area (Å²) in [6.45, 7) is 7.83. The van der Waals surface area contributed by atoms with E-state index in [0.717, 1.165) is 12.5 Å². The topological polar surface area (TPSA) is 15.3 Å². The fraction of sp³-hybridized carbons (Fsp3) is 0.647. The number of nitrogens with one attached hydrogen (secondary N) is 1. The maximum Gasteiger partial charge on any atom is 0.0449 e. The summed E-state index contributed by atoms with van der Waals surface area (Å²) in [5.74, 6) is 0.932. The summed E-state index contributed by atoms with van der Waals surface area (Å²) in [5.41, 5.74) is 4.17. The van der Waals surface area contributed by atoms with E-state index in [9.17, 15) is 0 Å². The van der Waals surface area contributed by atoms with Crippen molar-refractivity contribution in [1.82, 2.24) is 10.2 Å². The Morgan fingerprint density at radius 2 is 2.00 bits per heavy atom. The van der Waals surface area contributed by atoms with Gasteiger partial charge in [-0.3, -0.25) is 0 Å². The van der Waals surface area contributed by atoms with Crippen LogP contribution in [0.1, 0.15) is 42.5 Å². The highest BCUT2D eigenvalue weighted by molar-refractivity contribution is 5.33. The number of likely N-dealkylation sites (N-methyl/N-ethyl adjacent to an activating group) is 2. The van der Waals surface area contributed by atoms with E-state index in [1.165, 1.54) is 29.5 Å². The Labute approximate surface area is 118 Å². The number of nitrogens with zero attached hydrogens (tertiary/aromatic N) is 1. The molecule has 2 unspecified atom stereocenters. The Balaban J connectivity index is 2.06. The fourth-order valence-electron chi connectivity index (χ4n) is 2.95. The molecule has 0 radical (unpaired) electrons. The first-order valence-corrected chi connectivity index (χ1v) is 7.47. The van der Waals surface area contributed by atoms with Crippen molar-refractivity contribution in [1.29, 1.82) is 0 Å². The van der Waals surface area contributed by atoms with Gasteiger partial charge in [0.2, 0.25) is 0 Å². The molecule has 1 fully saturated rings. The fourth-order valence-corrected chi connectivity index (χ4v) is 2.95. The van der Waals surface area contributed by atoms with Gasteiger partial charge in [-0.25, -0.2) is 0 Å². The van der Waals surface area contributed by atoms with Gasteiger partial charge in [-0.1, -0.05) is 23.8 Å². The van der Waals surface area contributed by atoms with Crippen molar-refractivity contribution >= 4 is 0 Å². The van der Waals surface area contributed by atoms with E-state index < -0.39 is 0 Å². The lowest BCUT2D eigenvalue weighted by molar-refractivity contribution is 0.213. The molecule has 1 aromatic carbocycles. The van der Waals surface area contributed by atoms with Gasteiger partial charge < -0.3 is 10.2 Å². The van der Waals surface area contributed by atoms with E-state index in [1.807, 2.05) is 0 Å². The van der Waals surface area contributed by atoms with E-state index in [1.54, 1.807) is 0 Å². The minimum atomic E-state index is 0.423. The van der Waals surface area contributed by atoms with E-state index >= 15 is 0 Å². The van der Waals surface area contributed by atoms with Crippen LogP contribution in [0, 0.1) is 19.8 Å². The predicted molar refractivity (Wildman–Crippen MR) is 82.5 cm³/mol. The summed E-state index contributed by atoms with van der Waals surface area (Å²) in [6, 6.07) is 7.91. The second-order valence-electron chi connectivity index (χ2n) is 6.22. The Bertz CT molecular complexity index is 423. The molecule has 2 heteroatoms. The Kier molecular flexibility index (Phi) is 4.64. The highest BCUT2D eigenvalue weighted by Gasteiger charge is 2.31. The molecule has 0 amide bonds. The standard InChI is InChI=1S/C17H28N2/c1-12-6-9-16(13(2)10-12)17(18-4)11-19(5)14(3)15-7-8-15/h6,9-10,14-15,17-18H,7-8,11H2,1-5H3. The number of aryl methyl sites for hydroxylation is 2. The van der Waals surface area contributed by atoms with Crippen molar-refractivity contribution in [2.75, 3.05) is 20.6 Å². The van der Waals surface area contributed by atoms with E-state index in [-0.39, 0.29) is 0 Å². The minimum absolute atomic E-state index is 0.423. The first kappa shape index (κ1) is 14.5. The third-order valence-corrected chi connectivity index (χ3v) is 4.62. The van der Waals surface area contributed by atoms with Crippen LogP contribution in [0.15, 0.2) is 18.2 Å². The molecule has 1 N–H and O–H groups in total. The van der Waals surface area contributed by atoms with Gasteiger partial charge in [-0.15, -0.1) is 0 Å². The van der Waals surface area contributed by atoms with Crippen LogP contribution in [-0.2, 0) is 0 Å². The lowest BCUT2D eigenvalue weighted by Gasteiger charge is -2.30. The second-order valence-corrected chi connectivity index (χ2v) is 6.22. The SMILES string of the molecule is CNC(CN(C)C(C)C1CC1)c1ccc(C)cc1C. The zero-order valence-electron chi connectivity index (χ0n) is 13.0. The monoisotopic (exact) mass is 260 g/mol. The second kappa shape index (κ2) is 6.06. The Morgan fingerprint density at radius 1 is 1.32 bits per heavy atom. The summed E-state index contributed by atoms with van der Waals surface area (Å²) in [6.07, 6.45) is 2.83. The highest BCUT2D eigenvalue weighted by atomic mass is 15.2. The molecule has 19 heavy (non-hydrogen) atoms. The smallest absolute Gasteiger partial charge is 0.0449 e. The van der Waals surface area contributed by atoms with Gasteiger partial charge in [0.1, 0.15) is 0 Å². The maximum absolute atomic E-state index is 3.48. The van der Waals surface area contributed by atoms with Gasteiger partial charge in [-0.2, -0.15) is 0 Å². The first-order chi connectivity index (χ1) is 9.02. The molecule has 1 aliphatic rings. The third-order valence-electron chi connectivity index (χ3n) is 4.62. The van der Waals surface area contributed by atoms with Crippen LogP contribution in [0.25, 0.3) is 0 Å². The number of hydrogen-bond acceptors (Lipinski definition) is 2. The zero-order chi connectivity index (χ0) is 14.0. The van der Waals surface area contributed by atoms with E-state index in [4.69, 9.17) is 0 Å². The van der Waals surface area contributed by atoms with Gasteiger partial charge in [0, 0.05) is 18.6 Å². The third kappa shape index (κ3) is 3.58. The molecule has 0 heterocycles. The van der Waals surface area contributed by atoms with Crippen molar-refractivity contribution in [2.24, 2.45) is 5.92 Å². The van der Waals surface area contributed by atoms with Gasteiger partial charge >= 0.3 is 0 Å². The van der Waals surface area contributed by atoms with E-state index in [0.29, 0.717) is 12.1 Å². The molecule has 1 aliphatic carbocycles. The van der Waals surface area contributed by atoms with Crippen molar-refractivity contribution < 1.29 is 0 Å². The lowest BCUT2D eigenvalue weighted by Crippen LogP contribution is -2.38. The van der Waals surface area contributed by atoms with Crippen LogP contribution >= 0.6 is 0 Å². The molecule has 2 rings (SSSR count). The maximum atomic E-state index is 3.48. The first-order valence-electron chi connectivity index (χ1n) is 7.47. The minimum Gasteiger partial charge on any atom is -0.312 e. The summed E-state index contributed by atoms with van der Waals surface area (Å²) in [5, 5.41) is 3.48. The molecule has 106 valence electrons. The number of rotatable bonds is 6. The van der Waals surface area contributed by atoms with Crippen LogP contribution in [0.2, 0.25) is 0 Å². The molecule has 0 aliphatic heterocycles. The Hall–Kier alpha value is -0.860. The van der Waals surface area contributed by atoms with E-state index in [2.05, 4.69) is 63.3 Å². The normalized spacial score (nSPS) is 18.6. The van der Waals surface area contributed by atoms with Crippen molar-refractivity contribution in [2.45, 2.75) is 45.7 Å². The average molecular weight is 260 g/mol. The number of hydrogen-bond donors (Lipinski definition) is 1. The summed E-state index contributed by atoms with van der Waals surface area (Å²) in [4.78, 5) is 2.51. The van der Waals surface area contributed by atoms with Gasteiger partial charge in [0.25, 0.3) is 0 Å². The molecular formula is C17H28N2. The molecule has 0 spiro atoms.